The van der Waals surface area contributed by atoms with Gasteiger partial charge in [0.05, 0.1) is 25.0 Å². The van der Waals surface area contributed by atoms with E-state index in [1.165, 1.54) is 6.20 Å². The van der Waals surface area contributed by atoms with E-state index in [9.17, 15) is 9.59 Å². The Morgan fingerprint density at radius 1 is 1.55 bits per heavy atom. The van der Waals surface area contributed by atoms with Crippen LogP contribution >= 0.6 is 11.6 Å². The molecule has 0 aliphatic heterocycles. The van der Waals surface area contributed by atoms with E-state index in [1.54, 1.807) is 0 Å². The number of aromatic nitrogens is 2. The summed E-state index contributed by atoms with van der Waals surface area (Å²) in [6, 6.07) is 0.343. The van der Waals surface area contributed by atoms with E-state index < -0.39 is 5.56 Å². The largest absolute Gasteiger partial charge is 0.394 e. The molecule has 1 aromatic heterocycles. The van der Waals surface area contributed by atoms with Gasteiger partial charge >= 0.3 is 0 Å². The van der Waals surface area contributed by atoms with Crippen molar-refractivity contribution < 1.29 is 9.90 Å². The maximum Gasteiger partial charge on any atom is 0.287 e. The van der Waals surface area contributed by atoms with Crippen molar-refractivity contribution in [3.63, 3.8) is 0 Å². The third kappa shape index (κ3) is 3.94. The van der Waals surface area contributed by atoms with Crippen LogP contribution in [0.15, 0.2) is 11.0 Å². The molecule has 0 atom stereocenters. The molecule has 20 heavy (non-hydrogen) atoms. The summed E-state index contributed by atoms with van der Waals surface area (Å²) in [5.74, 6) is -0.0160. The maximum atomic E-state index is 11.8. The lowest BCUT2D eigenvalue weighted by atomic mass is 10.3. The Labute approximate surface area is 120 Å². The van der Waals surface area contributed by atoms with Crippen LogP contribution < -0.4 is 16.2 Å². The van der Waals surface area contributed by atoms with E-state index in [2.05, 4.69) is 15.7 Å². The van der Waals surface area contributed by atoms with Crippen LogP contribution in [0.1, 0.15) is 19.3 Å². The van der Waals surface area contributed by atoms with Gasteiger partial charge < -0.3 is 15.7 Å². The van der Waals surface area contributed by atoms with Crippen molar-refractivity contribution in [2.45, 2.75) is 31.8 Å². The van der Waals surface area contributed by atoms with E-state index in [-0.39, 0.29) is 24.1 Å². The van der Waals surface area contributed by atoms with Crippen molar-refractivity contribution in [2.24, 2.45) is 0 Å². The second kappa shape index (κ2) is 6.71. The van der Waals surface area contributed by atoms with Gasteiger partial charge in [0.25, 0.3) is 5.56 Å². The molecule has 0 spiro atoms. The summed E-state index contributed by atoms with van der Waals surface area (Å²) in [6.45, 7) is 0.295. The number of hydrogen-bond donors (Lipinski definition) is 3. The fraction of sp³-hybridized carbons (Fsp3) is 0.583. The Hall–Kier alpha value is -1.60. The molecule has 1 heterocycles. The molecule has 0 aromatic carbocycles. The highest BCUT2D eigenvalue weighted by Crippen LogP contribution is 2.18. The summed E-state index contributed by atoms with van der Waals surface area (Å²) in [5.41, 5.74) is -0.0711. The molecule has 1 amide bonds. The monoisotopic (exact) mass is 300 g/mol. The number of carbonyl (C=O) groups is 1. The second-order valence-electron chi connectivity index (χ2n) is 4.64. The molecule has 1 aromatic rings. The molecule has 1 saturated carbocycles. The highest BCUT2D eigenvalue weighted by molar-refractivity contribution is 6.32. The zero-order chi connectivity index (χ0) is 14.5. The highest BCUT2D eigenvalue weighted by Gasteiger charge is 2.22. The second-order valence-corrected chi connectivity index (χ2v) is 5.02. The summed E-state index contributed by atoms with van der Waals surface area (Å²) in [5, 5.41) is 18.5. The van der Waals surface area contributed by atoms with Gasteiger partial charge in [-0.1, -0.05) is 11.6 Å². The van der Waals surface area contributed by atoms with Gasteiger partial charge in [0.1, 0.15) is 5.02 Å². The average Bonchev–Trinajstić information content (AvgIpc) is 3.22. The third-order valence-corrected chi connectivity index (χ3v) is 3.27. The van der Waals surface area contributed by atoms with Gasteiger partial charge in [-0.3, -0.25) is 9.59 Å². The summed E-state index contributed by atoms with van der Waals surface area (Å²) in [4.78, 5) is 23.2. The van der Waals surface area contributed by atoms with Crippen LogP contribution in [0.3, 0.4) is 0 Å². The first-order valence-corrected chi connectivity index (χ1v) is 6.89. The minimum atomic E-state index is -0.465. The predicted molar refractivity (Wildman–Crippen MR) is 74.9 cm³/mol. The Morgan fingerprint density at radius 2 is 2.30 bits per heavy atom. The van der Waals surface area contributed by atoms with Crippen LogP contribution in [-0.4, -0.2) is 40.0 Å². The number of aliphatic hydroxyl groups excluding tert-OH is 1. The van der Waals surface area contributed by atoms with Gasteiger partial charge in [0.15, 0.2) is 0 Å². The van der Waals surface area contributed by atoms with E-state index in [1.807, 2.05) is 0 Å². The normalized spacial score (nSPS) is 14.1. The highest BCUT2D eigenvalue weighted by atomic mass is 35.5. The maximum absolute atomic E-state index is 11.8. The van der Waals surface area contributed by atoms with Gasteiger partial charge in [-0.15, -0.1) is 0 Å². The molecule has 7 nitrogen and oxygen atoms in total. The van der Waals surface area contributed by atoms with Crippen molar-refractivity contribution >= 4 is 23.2 Å². The number of carbonyl (C=O) groups excluding carboxylic acids is 1. The van der Waals surface area contributed by atoms with Gasteiger partial charge in [-0.25, -0.2) is 4.68 Å². The standard InChI is InChI=1S/C12H17ClN4O3/c13-11-9(7-15-17(5-6-18)12(11)20)14-4-3-10(19)16-8-1-2-8/h7-8,14,18H,1-6H2,(H,16,19). The zero-order valence-corrected chi connectivity index (χ0v) is 11.7. The third-order valence-electron chi connectivity index (χ3n) is 2.91. The van der Waals surface area contributed by atoms with Crippen molar-refractivity contribution in [2.75, 3.05) is 18.5 Å². The Balaban J connectivity index is 1.87. The number of halogens is 1. The molecular formula is C12H17ClN4O3. The summed E-state index contributed by atoms with van der Waals surface area (Å²) in [6.07, 6.45) is 3.83. The van der Waals surface area contributed by atoms with Crippen molar-refractivity contribution in [1.82, 2.24) is 15.1 Å². The van der Waals surface area contributed by atoms with Crippen LogP contribution in [0, 0.1) is 0 Å². The summed E-state index contributed by atoms with van der Waals surface area (Å²) >= 11 is 5.93. The lowest BCUT2D eigenvalue weighted by Gasteiger charge is -2.09. The molecular weight excluding hydrogens is 284 g/mol. The molecule has 0 saturated heterocycles. The van der Waals surface area contributed by atoms with Crippen LogP contribution in [0.25, 0.3) is 0 Å². The van der Waals surface area contributed by atoms with Gasteiger partial charge in [-0.05, 0) is 12.8 Å². The number of nitrogens with zero attached hydrogens (tertiary/aromatic N) is 2. The van der Waals surface area contributed by atoms with Crippen LogP contribution in [0.5, 0.6) is 0 Å². The number of hydrogen-bond acceptors (Lipinski definition) is 5. The summed E-state index contributed by atoms with van der Waals surface area (Å²) in [7, 11) is 0. The van der Waals surface area contributed by atoms with E-state index >= 15 is 0 Å². The Kier molecular flexibility index (Phi) is 4.97. The summed E-state index contributed by atoms with van der Waals surface area (Å²) < 4.78 is 1.09. The Morgan fingerprint density at radius 3 is 2.95 bits per heavy atom. The SMILES string of the molecule is O=C(CCNc1cnn(CCO)c(=O)c1Cl)NC1CC1. The van der Waals surface area contributed by atoms with Crippen molar-refractivity contribution in [3.05, 3.63) is 21.6 Å². The zero-order valence-electron chi connectivity index (χ0n) is 10.9. The first-order valence-electron chi connectivity index (χ1n) is 6.51. The smallest absolute Gasteiger partial charge is 0.287 e. The van der Waals surface area contributed by atoms with Crippen LogP contribution in [0.2, 0.25) is 5.02 Å². The van der Waals surface area contributed by atoms with E-state index in [0.717, 1.165) is 17.5 Å². The number of anilines is 1. The molecule has 0 radical (unpaired) electrons. The number of rotatable bonds is 7. The topological polar surface area (TPSA) is 96.2 Å². The molecule has 1 fully saturated rings. The molecule has 0 unspecified atom stereocenters. The first kappa shape index (κ1) is 14.8. The van der Waals surface area contributed by atoms with Gasteiger partial charge in [0.2, 0.25) is 5.91 Å². The molecule has 1 aliphatic rings. The minimum absolute atomic E-state index is 0.0102. The Bertz CT molecular complexity index is 542. The lowest BCUT2D eigenvalue weighted by Crippen LogP contribution is -2.28. The van der Waals surface area contributed by atoms with Crippen LogP contribution in [-0.2, 0) is 11.3 Å². The fourth-order valence-electron chi connectivity index (χ4n) is 1.68. The number of aliphatic hydroxyl groups is 1. The van der Waals surface area contributed by atoms with E-state index in [4.69, 9.17) is 16.7 Å². The quantitative estimate of drug-likeness (QED) is 0.657. The van der Waals surface area contributed by atoms with Crippen molar-refractivity contribution in [3.8, 4) is 0 Å². The van der Waals surface area contributed by atoms with Crippen LogP contribution in [0.4, 0.5) is 5.69 Å². The van der Waals surface area contributed by atoms with E-state index in [0.29, 0.717) is 24.7 Å². The molecule has 110 valence electrons. The predicted octanol–water partition coefficient (Wildman–Crippen LogP) is -0.0304. The molecule has 0 bridgehead atoms. The van der Waals surface area contributed by atoms with Gasteiger partial charge in [-0.2, -0.15) is 5.10 Å². The van der Waals surface area contributed by atoms with Gasteiger partial charge in [0, 0.05) is 19.0 Å². The molecule has 1 aliphatic carbocycles. The average molecular weight is 301 g/mol. The first-order chi connectivity index (χ1) is 9.61. The number of nitrogens with one attached hydrogen (secondary N) is 2. The molecule has 8 heteroatoms. The lowest BCUT2D eigenvalue weighted by molar-refractivity contribution is -0.120. The van der Waals surface area contributed by atoms with Crippen molar-refractivity contribution in [1.29, 1.82) is 0 Å². The fourth-order valence-corrected chi connectivity index (χ4v) is 1.89. The molecule has 3 N–H and O–H groups in total. The number of amides is 1. The minimum Gasteiger partial charge on any atom is -0.394 e. The molecule has 2 rings (SSSR count).